The Balaban J connectivity index is 1.26. The largest absolute Gasteiger partial charge is 0.497 e. The lowest BCUT2D eigenvalue weighted by Crippen LogP contribution is -2.45. The lowest BCUT2D eigenvalue weighted by Gasteiger charge is -2.33. The molecule has 1 aromatic carbocycles. The highest BCUT2D eigenvalue weighted by molar-refractivity contribution is 5.80. The van der Waals surface area contributed by atoms with E-state index in [1.165, 1.54) is 12.8 Å². The third-order valence-electron chi connectivity index (χ3n) is 6.61. The van der Waals surface area contributed by atoms with Gasteiger partial charge in [0, 0.05) is 19.0 Å². The second-order valence-corrected chi connectivity index (χ2v) is 8.74. The number of hydrogen-bond acceptors (Lipinski definition) is 4. The fraction of sp³-hybridized carbons (Fsp3) is 0.652. The molecule has 4 rings (SSSR count). The van der Waals surface area contributed by atoms with Gasteiger partial charge in [0.1, 0.15) is 5.75 Å². The number of carbonyl (C=O) groups is 2. The monoisotopic (exact) mass is 399 g/mol. The molecule has 0 aromatic heterocycles. The predicted molar refractivity (Wildman–Crippen MR) is 112 cm³/mol. The van der Waals surface area contributed by atoms with Crippen molar-refractivity contribution in [3.05, 3.63) is 29.8 Å². The van der Waals surface area contributed by atoms with E-state index in [0.29, 0.717) is 18.4 Å². The highest BCUT2D eigenvalue weighted by atomic mass is 16.5. The average molecular weight is 400 g/mol. The van der Waals surface area contributed by atoms with Crippen molar-refractivity contribution >= 4 is 11.8 Å². The molecule has 1 unspecified atom stereocenters. The molecule has 158 valence electrons. The molecule has 1 aromatic rings. The van der Waals surface area contributed by atoms with E-state index >= 15 is 0 Å². The molecule has 2 amide bonds. The maximum atomic E-state index is 12.7. The molecule has 1 aliphatic carbocycles. The number of benzene rings is 1. The van der Waals surface area contributed by atoms with Gasteiger partial charge in [0.05, 0.1) is 19.7 Å². The van der Waals surface area contributed by atoms with Gasteiger partial charge in [-0.05, 0) is 75.2 Å². The average Bonchev–Trinajstić information content (AvgIpc) is 3.45. The number of piperidine rings is 1. The fourth-order valence-electron chi connectivity index (χ4n) is 4.67. The molecular weight excluding hydrogens is 366 g/mol. The maximum Gasteiger partial charge on any atom is 0.234 e. The molecule has 2 aliphatic heterocycles. The third kappa shape index (κ3) is 5.10. The molecule has 2 saturated heterocycles. The Morgan fingerprint density at radius 2 is 1.69 bits per heavy atom. The van der Waals surface area contributed by atoms with Crippen molar-refractivity contribution in [3.8, 4) is 5.75 Å². The lowest BCUT2D eigenvalue weighted by atomic mass is 9.95. The van der Waals surface area contributed by atoms with Gasteiger partial charge >= 0.3 is 0 Å². The van der Waals surface area contributed by atoms with Crippen molar-refractivity contribution in [1.29, 1.82) is 0 Å². The van der Waals surface area contributed by atoms with E-state index in [4.69, 9.17) is 4.74 Å². The standard InChI is InChI=1S/C23H33N3O3/c1-29-20-8-6-18(7-9-20)22(17-4-5-17)24-21(27)16-25-14-10-19(11-15-25)23(28)26-12-2-3-13-26/h6-9,17,19,22H,2-5,10-16H2,1H3,(H,24,27). The van der Waals surface area contributed by atoms with Crippen molar-refractivity contribution in [3.63, 3.8) is 0 Å². The van der Waals surface area contributed by atoms with Crippen molar-refractivity contribution in [2.24, 2.45) is 11.8 Å². The molecule has 1 saturated carbocycles. The summed E-state index contributed by atoms with van der Waals surface area (Å²) in [6, 6.07) is 8.11. The van der Waals surface area contributed by atoms with Gasteiger partial charge in [0.25, 0.3) is 0 Å². The van der Waals surface area contributed by atoms with Crippen LogP contribution in [0.15, 0.2) is 24.3 Å². The van der Waals surface area contributed by atoms with E-state index in [1.807, 2.05) is 17.0 Å². The summed E-state index contributed by atoms with van der Waals surface area (Å²) in [5, 5.41) is 3.26. The van der Waals surface area contributed by atoms with Crippen LogP contribution in [0.5, 0.6) is 5.75 Å². The van der Waals surface area contributed by atoms with E-state index in [0.717, 1.165) is 63.2 Å². The van der Waals surface area contributed by atoms with Gasteiger partial charge in [0.15, 0.2) is 0 Å². The van der Waals surface area contributed by atoms with Crippen LogP contribution < -0.4 is 10.1 Å². The van der Waals surface area contributed by atoms with Crippen LogP contribution in [-0.4, -0.2) is 61.4 Å². The summed E-state index contributed by atoms with van der Waals surface area (Å²) in [4.78, 5) is 29.5. The van der Waals surface area contributed by atoms with E-state index in [2.05, 4.69) is 22.3 Å². The van der Waals surface area contributed by atoms with Crippen molar-refractivity contribution < 1.29 is 14.3 Å². The Bertz CT molecular complexity index is 703. The van der Waals surface area contributed by atoms with Gasteiger partial charge < -0.3 is 15.0 Å². The van der Waals surface area contributed by atoms with Crippen LogP contribution >= 0.6 is 0 Å². The minimum atomic E-state index is 0.0852. The summed E-state index contributed by atoms with van der Waals surface area (Å²) in [6.45, 7) is 3.93. The zero-order valence-electron chi connectivity index (χ0n) is 17.4. The normalized spacial score (nSPS) is 21.8. The number of amides is 2. The first-order valence-electron chi connectivity index (χ1n) is 11.1. The SMILES string of the molecule is COc1ccc(C(NC(=O)CN2CCC(C(=O)N3CCCC3)CC2)C2CC2)cc1. The predicted octanol–water partition coefficient (Wildman–Crippen LogP) is 2.60. The topological polar surface area (TPSA) is 61.9 Å². The van der Waals surface area contributed by atoms with Crippen molar-refractivity contribution in [2.45, 2.75) is 44.6 Å². The summed E-state index contributed by atoms with van der Waals surface area (Å²) in [5.41, 5.74) is 1.15. The fourth-order valence-corrected chi connectivity index (χ4v) is 4.67. The highest BCUT2D eigenvalue weighted by Gasteiger charge is 2.34. The Hall–Kier alpha value is -2.08. The zero-order chi connectivity index (χ0) is 20.2. The number of rotatable bonds is 7. The summed E-state index contributed by atoms with van der Waals surface area (Å²) in [5.74, 6) is 1.94. The Morgan fingerprint density at radius 3 is 2.28 bits per heavy atom. The number of nitrogens with one attached hydrogen (secondary N) is 1. The Labute approximate surface area is 173 Å². The number of hydrogen-bond donors (Lipinski definition) is 1. The second kappa shape index (κ2) is 9.16. The molecule has 0 spiro atoms. The van der Waals surface area contributed by atoms with Crippen molar-refractivity contribution in [1.82, 2.24) is 15.1 Å². The van der Waals surface area contributed by atoms with Gasteiger partial charge in [-0.3, -0.25) is 14.5 Å². The number of carbonyl (C=O) groups excluding carboxylic acids is 2. The molecule has 0 radical (unpaired) electrons. The van der Waals surface area contributed by atoms with Gasteiger partial charge in [-0.1, -0.05) is 12.1 Å². The van der Waals surface area contributed by atoms with Crippen molar-refractivity contribution in [2.75, 3.05) is 39.8 Å². The number of nitrogens with zero attached hydrogens (tertiary/aromatic N) is 2. The van der Waals surface area contributed by atoms with Crippen LogP contribution in [0.2, 0.25) is 0 Å². The quantitative estimate of drug-likeness (QED) is 0.766. The molecule has 3 fully saturated rings. The first-order valence-corrected chi connectivity index (χ1v) is 11.1. The van der Waals surface area contributed by atoms with Gasteiger partial charge in [-0.15, -0.1) is 0 Å². The minimum absolute atomic E-state index is 0.0852. The number of likely N-dealkylation sites (tertiary alicyclic amines) is 2. The van der Waals surface area contributed by atoms with Gasteiger partial charge in [-0.2, -0.15) is 0 Å². The molecule has 3 aliphatic rings. The van der Waals surface area contributed by atoms with Crippen LogP contribution in [0.3, 0.4) is 0 Å². The van der Waals surface area contributed by atoms with E-state index in [1.54, 1.807) is 7.11 Å². The van der Waals surface area contributed by atoms with Crippen LogP contribution in [-0.2, 0) is 9.59 Å². The molecule has 29 heavy (non-hydrogen) atoms. The number of ether oxygens (including phenoxy) is 1. The lowest BCUT2D eigenvalue weighted by molar-refractivity contribution is -0.136. The van der Waals surface area contributed by atoms with E-state index in [-0.39, 0.29) is 17.9 Å². The van der Waals surface area contributed by atoms with Gasteiger partial charge in [0.2, 0.25) is 11.8 Å². The molecule has 2 heterocycles. The molecule has 1 N–H and O–H groups in total. The van der Waals surface area contributed by atoms with E-state index in [9.17, 15) is 9.59 Å². The molecule has 0 bridgehead atoms. The Kier molecular flexibility index (Phi) is 6.38. The highest BCUT2D eigenvalue weighted by Crippen LogP contribution is 2.41. The number of methoxy groups -OCH3 is 1. The Morgan fingerprint density at radius 1 is 1.03 bits per heavy atom. The van der Waals surface area contributed by atoms with Crippen LogP contribution in [0.4, 0.5) is 0 Å². The molecule has 6 nitrogen and oxygen atoms in total. The summed E-state index contributed by atoms with van der Waals surface area (Å²) >= 11 is 0. The summed E-state index contributed by atoms with van der Waals surface area (Å²) in [6.07, 6.45) is 6.35. The smallest absolute Gasteiger partial charge is 0.234 e. The minimum Gasteiger partial charge on any atom is -0.497 e. The van der Waals surface area contributed by atoms with Crippen LogP contribution in [0, 0.1) is 11.8 Å². The third-order valence-corrected chi connectivity index (χ3v) is 6.61. The first-order chi connectivity index (χ1) is 14.1. The molecule has 6 heteroatoms. The summed E-state index contributed by atoms with van der Waals surface area (Å²) < 4.78 is 5.24. The van der Waals surface area contributed by atoms with Gasteiger partial charge in [-0.25, -0.2) is 0 Å². The maximum absolute atomic E-state index is 12.7. The molecule has 1 atom stereocenters. The molecular formula is C23H33N3O3. The second-order valence-electron chi connectivity index (χ2n) is 8.74. The van der Waals surface area contributed by atoms with E-state index < -0.39 is 0 Å². The summed E-state index contributed by atoms with van der Waals surface area (Å²) in [7, 11) is 1.66. The zero-order valence-corrected chi connectivity index (χ0v) is 17.4. The first kappa shape index (κ1) is 20.2. The van der Waals surface area contributed by atoms with Crippen LogP contribution in [0.25, 0.3) is 0 Å². The van der Waals surface area contributed by atoms with Crippen LogP contribution in [0.1, 0.15) is 50.1 Å².